The molecule has 1 N–H and O–H groups in total. The third-order valence-electron chi connectivity index (χ3n) is 4.21. The van der Waals surface area contributed by atoms with E-state index < -0.39 is 0 Å². The number of carbonyl (C=O) groups excluding carboxylic acids is 1. The first-order chi connectivity index (χ1) is 11.2. The number of ether oxygens (including phenoxy) is 1. The zero-order valence-corrected chi connectivity index (χ0v) is 13.5. The summed E-state index contributed by atoms with van der Waals surface area (Å²) < 4.78 is 5.62. The standard InChI is InChI=1S/C18H23N3O2/c1-14-12-19-18(20-14)15-6-5-10-21(13-15)17(22)9-11-23-16-7-3-2-4-8-16/h2-4,7-8,12,15H,5-6,9-11,13H2,1H3,(H,19,20)/t15-/m0/s1. The van der Waals surface area contributed by atoms with Crippen molar-refractivity contribution in [1.29, 1.82) is 0 Å². The maximum absolute atomic E-state index is 12.4. The number of nitrogens with zero attached hydrogens (tertiary/aromatic N) is 2. The van der Waals surface area contributed by atoms with Gasteiger partial charge in [-0.2, -0.15) is 0 Å². The molecule has 23 heavy (non-hydrogen) atoms. The number of aromatic nitrogens is 2. The molecule has 1 atom stereocenters. The summed E-state index contributed by atoms with van der Waals surface area (Å²) in [6.45, 7) is 4.00. The largest absolute Gasteiger partial charge is 0.493 e. The summed E-state index contributed by atoms with van der Waals surface area (Å²) in [5.74, 6) is 2.29. The first kappa shape index (κ1) is 15.6. The number of imidazole rings is 1. The third kappa shape index (κ3) is 4.12. The molecule has 1 saturated heterocycles. The van der Waals surface area contributed by atoms with Crippen molar-refractivity contribution in [3.05, 3.63) is 48.0 Å². The second-order valence-corrected chi connectivity index (χ2v) is 6.04. The van der Waals surface area contributed by atoms with Crippen molar-refractivity contribution in [3.8, 4) is 5.75 Å². The van der Waals surface area contributed by atoms with Crippen LogP contribution < -0.4 is 4.74 Å². The monoisotopic (exact) mass is 313 g/mol. The van der Waals surface area contributed by atoms with E-state index in [0.29, 0.717) is 18.9 Å². The van der Waals surface area contributed by atoms with Crippen LogP contribution in [0.3, 0.4) is 0 Å². The van der Waals surface area contributed by atoms with Crippen molar-refractivity contribution in [1.82, 2.24) is 14.9 Å². The molecular weight excluding hydrogens is 290 g/mol. The van der Waals surface area contributed by atoms with E-state index in [2.05, 4.69) is 9.97 Å². The Balaban J connectivity index is 1.49. The van der Waals surface area contributed by atoms with Gasteiger partial charge in [-0.3, -0.25) is 4.79 Å². The van der Waals surface area contributed by atoms with Gasteiger partial charge in [-0.1, -0.05) is 18.2 Å². The van der Waals surface area contributed by atoms with Gasteiger partial charge in [0.25, 0.3) is 0 Å². The highest BCUT2D eigenvalue weighted by Crippen LogP contribution is 2.25. The molecule has 3 rings (SSSR count). The van der Waals surface area contributed by atoms with Gasteiger partial charge in [0, 0.05) is 30.9 Å². The molecule has 2 heterocycles. The van der Waals surface area contributed by atoms with Crippen LogP contribution in [0.5, 0.6) is 5.75 Å². The first-order valence-corrected chi connectivity index (χ1v) is 8.19. The molecule has 1 aromatic carbocycles. The van der Waals surface area contributed by atoms with Gasteiger partial charge < -0.3 is 14.6 Å². The van der Waals surface area contributed by atoms with Crippen LogP contribution in [0.25, 0.3) is 0 Å². The Kier molecular flexibility index (Phi) is 4.95. The van der Waals surface area contributed by atoms with Gasteiger partial charge in [-0.05, 0) is 31.9 Å². The molecule has 1 amide bonds. The highest BCUT2D eigenvalue weighted by Gasteiger charge is 2.26. The number of hydrogen-bond acceptors (Lipinski definition) is 3. The molecule has 0 unspecified atom stereocenters. The Hall–Kier alpha value is -2.30. The lowest BCUT2D eigenvalue weighted by molar-refractivity contribution is -0.132. The van der Waals surface area contributed by atoms with E-state index in [9.17, 15) is 4.79 Å². The summed E-state index contributed by atoms with van der Waals surface area (Å²) in [7, 11) is 0. The van der Waals surface area contributed by atoms with E-state index in [1.807, 2.05) is 48.4 Å². The number of nitrogens with one attached hydrogen (secondary N) is 1. The van der Waals surface area contributed by atoms with Crippen LogP contribution in [0.4, 0.5) is 0 Å². The third-order valence-corrected chi connectivity index (χ3v) is 4.21. The van der Waals surface area contributed by atoms with E-state index in [0.717, 1.165) is 43.2 Å². The van der Waals surface area contributed by atoms with Gasteiger partial charge in [-0.25, -0.2) is 4.98 Å². The lowest BCUT2D eigenvalue weighted by Gasteiger charge is -2.32. The number of likely N-dealkylation sites (tertiary alicyclic amines) is 1. The normalized spacial score (nSPS) is 18.0. The number of hydrogen-bond donors (Lipinski definition) is 1. The van der Waals surface area contributed by atoms with Crippen molar-refractivity contribution in [2.75, 3.05) is 19.7 Å². The highest BCUT2D eigenvalue weighted by molar-refractivity contribution is 5.76. The van der Waals surface area contributed by atoms with Gasteiger partial charge in [0.1, 0.15) is 11.6 Å². The van der Waals surface area contributed by atoms with Gasteiger partial charge in [0.15, 0.2) is 0 Å². The van der Waals surface area contributed by atoms with Crippen LogP contribution in [0.2, 0.25) is 0 Å². The topological polar surface area (TPSA) is 58.2 Å². The average molecular weight is 313 g/mol. The summed E-state index contributed by atoms with van der Waals surface area (Å²) in [5, 5.41) is 0. The molecule has 0 saturated carbocycles. The van der Waals surface area contributed by atoms with Crippen LogP contribution in [-0.2, 0) is 4.79 Å². The molecule has 1 aliphatic rings. The first-order valence-electron chi connectivity index (χ1n) is 8.19. The molecule has 5 nitrogen and oxygen atoms in total. The lowest BCUT2D eigenvalue weighted by Crippen LogP contribution is -2.39. The van der Waals surface area contributed by atoms with Crippen molar-refractivity contribution >= 4 is 5.91 Å². The Morgan fingerprint density at radius 3 is 2.96 bits per heavy atom. The van der Waals surface area contributed by atoms with E-state index in [1.54, 1.807) is 0 Å². The number of benzene rings is 1. The minimum Gasteiger partial charge on any atom is -0.493 e. The Bertz CT molecular complexity index is 639. The maximum atomic E-state index is 12.4. The number of piperidine rings is 1. The minimum atomic E-state index is 0.161. The molecular formula is C18H23N3O2. The van der Waals surface area contributed by atoms with E-state index in [4.69, 9.17) is 4.74 Å². The molecule has 0 radical (unpaired) electrons. The van der Waals surface area contributed by atoms with Gasteiger partial charge in [0.2, 0.25) is 5.91 Å². The van der Waals surface area contributed by atoms with Gasteiger partial charge in [-0.15, -0.1) is 0 Å². The fraction of sp³-hybridized carbons (Fsp3) is 0.444. The second-order valence-electron chi connectivity index (χ2n) is 6.04. The van der Waals surface area contributed by atoms with E-state index in [-0.39, 0.29) is 5.91 Å². The molecule has 0 spiro atoms. The van der Waals surface area contributed by atoms with Crippen LogP contribution in [0, 0.1) is 6.92 Å². The number of amides is 1. The summed E-state index contributed by atoms with van der Waals surface area (Å²) in [6, 6.07) is 9.61. The van der Waals surface area contributed by atoms with E-state index >= 15 is 0 Å². The summed E-state index contributed by atoms with van der Waals surface area (Å²) in [5.41, 5.74) is 1.07. The minimum absolute atomic E-state index is 0.161. The fourth-order valence-corrected chi connectivity index (χ4v) is 3.00. The average Bonchev–Trinajstić information content (AvgIpc) is 3.02. The number of aromatic amines is 1. The highest BCUT2D eigenvalue weighted by atomic mass is 16.5. The SMILES string of the molecule is Cc1cnc([C@H]2CCCN(C(=O)CCOc3ccccc3)C2)[nH]1. The second kappa shape index (κ2) is 7.31. The van der Waals surface area contributed by atoms with Crippen molar-refractivity contribution in [2.45, 2.75) is 32.1 Å². The van der Waals surface area contributed by atoms with Crippen molar-refractivity contribution in [2.24, 2.45) is 0 Å². The lowest BCUT2D eigenvalue weighted by atomic mass is 9.97. The van der Waals surface area contributed by atoms with Crippen molar-refractivity contribution in [3.63, 3.8) is 0 Å². The van der Waals surface area contributed by atoms with Crippen LogP contribution in [0.1, 0.15) is 36.7 Å². The maximum Gasteiger partial charge on any atom is 0.226 e. The predicted molar refractivity (Wildman–Crippen MR) is 88.4 cm³/mol. The zero-order valence-electron chi connectivity index (χ0n) is 13.5. The molecule has 2 aromatic rings. The summed E-state index contributed by atoms with van der Waals surface area (Å²) in [6.07, 6.45) is 4.37. The number of rotatable bonds is 5. The molecule has 0 aliphatic carbocycles. The number of aryl methyl sites for hydroxylation is 1. The summed E-state index contributed by atoms with van der Waals surface area (Å²) in [4.78, 5) is 22.0. The predicted octanol–water partition coefficient (Wildman–Crippen LogP) is 2.89. The molecule has 1 fully saturated rings. The molecule has 1 aromatic heterocycles. The van der Waals surface area contributed by atoms with Crippen LogP contribution in [-0.4, -0.2) is 40.5 Å². The van der Waals surface area contributed by atoms with E-state index in [1.165, 1.54) is 0 Å². The number of carbonyl (C=O) groups is 1. The molecule has 5 heteroatoms. The van der Waals surface area contributed by atoms with Crippen molar-refractivity contribution < 1.29 is 9.53 Å². The number of para-hydroxylation sites is 1. The summed E-state index contributed by atoms with van der Waals surface area (Å²) >= 11 is 0. The quantitative estimate of drug-likeness (QED) is 0.923. The Labute approximate surface area is 136 Å². The molecule has 1 aliphatic heterocycles. The zero-order chi connectivity index (χ0) is 16.1. The van der Waals surface area contributed by atoms with Gasteiger partial charge >= 0.3 is 0 Å². The van der Waals surface area contributed by atoms with Crippen LogP contribution >= 0.6 is 0 Å². The van der Waals surface area contributed by atoms with Gasteiger partial charge in [0.05, 0.1) is 13.0 Å². The Morgan fingerprint density at radius 2 is 2.22 bits per heavy atom. The Morgan fingerprint density at radius 1 is 1.39 bits per heavy atom. The fourth-order valence-electron chi connectivity index (χ4n) is 3.00. The molecule has 0 bridgehead atoms. The number of H-pyrrole nitrogens is 1. The van der Waals surface area contributed by atoms with Crippen LogP contribution in [0.15, 0.2) is 36.5 Å². The molecule has 122 valence electrons. The smallest absolute Gasteiger partial charge is 0.226 e.